The summed E-state index contributed by atoms with van der Waals surface area (Å²) in [4.78, 5) is 12.3. The van der Waals surface area contributed by atoms with Gasteiger partial charge in [0.15, 0.2) is 0 Å². The molecule has 1 aliphatic rings. The van der Waals surface area contributed by atoms with Crippen molar-refractivity contribution in [2.24, 2.45) is 17.8 Å². The standard InChI is InChI=1S/C27H46O4SeSi/c1-20-18-24(28)22(23(20)19-31-33(6,7)27(2,3)4)16-12-9-13-17-25(26(29)30-5)32-21-14-10-8-11-15-21/h8,10-11,14-15,20,22-25,28H,9,12-13,16-19H2,1-7H3/t20-,22-,23+,24+,25?/m1/s1. The van der Waals surface area contributed by atoms with Crippen molar-refractivity contribution in [2.45, 2.75) is 95.3 Å². The number of hydrogen-bond acceptors (Lipinski definition) is 4. The number of aliphatic hydroxyl groups excluding tert-OH is 1. The number of methoxy groups -OCH3 is 1. The van der Waals surface area contributed by atoms with E-state index in [1.54, 1.807) is 0 Å². The summed E-state index contributed by atoms with van der Waals surface area (Å²) in [7, 11) is -0.290. The fourth-order valence-corrected chi connectivity index (χ4v) is 7.95. The van der Waals surface area contributed by atoms with Crippen molar-refractivity contribution in [1.82, 2.24) is 0 Å². The van der Waals surface area contributed by atoms with E-state index in [-0.39, 0.29) is 36.9 Å². The summed E-state index contributed by atoms with van der Waals surface area (Å²) in [6, 6.07) is 10.3. The van der Waals surface area contributed by atoms with Crippen LogP contribution in [-0.4, -0.2) is 54.2 Å². The van der Waals surface area contributed by atoms with Gasteiger partial charge in [0.1, 0.15) is 0 Å². The molecule has 1 aliphatic carbocycles. The van der Waals surface area contributed by atoms with Gasteiger partial charge < -0.3 is 0 Å². The molecule has 0 saturated heterocycles. The van der Waals surface area contributed by atoms with Gasteiger partial charge in [-0.15, -0.1) is 0 Å². The summed E-state index contributed by atoms with van der Waals surface area (Å²) < 4.78 is 12.9. The van der Waals surface area contributed by atoms with Crippen molar-refractivity contribution >= 4 is 33.7 Å². The number of hydrogen-bond donors (Lipinski definition) is 1. The summed E-state index contributed by atoms with van der Waals surface area (Å²) in [6.45, 7) is 14.5. The van der Waals surface area contributed by atoms with E-state index in [4.69, 9.17) is 9.16 Å². The normalized spacial score (nSPS) is 24.6. The first-order chi connectivity index (χ1) is 15.5. The summed E-state index contributed by atoms with van der Waals surface area (Å²) >= 11 is 0.0949. The summed E-state index contributed by atoms with van der Waals surface area (Å²) in [5.41, 5.74) is 0. The molecule has 0 aromatic heterocycles. The summed E-state index contributed by atoms with van der Waals surface area (Å²) in [5, 5.41) is 10.9. The maximum atomic E-state index is 12.3. The predicted octanol–water partition coefficient (Wildman–Crippen LogP) is 5.58. The molecule has 188 valence electrons. The monoisotopic (exact) mass is 542 g/mol. The number of unbranched alkanes of at least 4 members (excludes halogenated alkanes) is 2. The average Bonchev–Trinajstić information content (AvgIpc) is 3.02. The van der Waals surface area contributed by atoms with Crippen LogP contribution in [0.5, 0.6) is 0 Å². The van der Waals surface area contributed by atoms with Crippen LogP contribution in [0.15, 0.2) is 30.3 Å². The molecular formula is C27H46O4SeSi. The van der Waals surface area contributed by atoms with Crippen LogP contribution in [0.3, 0.4) is 0 Å². The topological polar surface area (TPSA) is 55.8 Å². The van der Waals surface area contributed by atoms with Gasteiger partial charge in [0.2, 0.25) is 0 Å². The molecule has 33 heavy (non-hydrogen) atoms. The Kier molecular flexibility index (Phi) is 11.2. The van der Waals surface area contributed by atoms with Crippen LogP contribution in [0.4, 0.5) is 0 Å². The minimum atomic E-state index is -1.78. The first kappa shape index (κ1) is 28.6. The third-order valence-electron chi connectivity index (χ3n) is 7.82. The third-order valence-corrected chi connectivity index (χ3v) is 15.0. The summed E-state index contributed by atoms with van der Waals surface area (Å²) in [6.07, 6.45) is 5.81. The zero-order valence-electron chi connectivity index (χ0n) is 21.8. The molecule has 5 atom stereocenters. The van der Waals surface area contributed by atoms with Gasteiger partial charge in [0.25, 0.3) is 0 Å². The van der Waals surface area contributed by atoms with Crippen LogP contribution < -0.4 is 4.46 Å². The maximum absolute atomic E-state index is 12.3. The van der Waals surface area contributed by atoms with Crippen LogP contribution in [0, 0.1) is 17.8 Å². The molecule has 0 bridgehead atoms. The number of rotatable bonds is 12. The Labute approximate surface area is 209 Å². The van der Waals surface area contributed by atoms with E-state index in [1.807, 2.05) is 18.2 Å². The van der Waals surface area contributed by atoms with Crippen molar-refractivity contribution in [3.05, 3.63) is 30.3 Å². The minimum absolute atomic E-state index is 0.0206. The van der Waals surface area contributed by atoms with Gasteiger partial charge in [-0.3, -0.25) is 0 Å². The second kappa shape index (κ2) is 12.9. The Morgan fingerprint density at radius 2 is 1.82 bits per heavy atom. The van der Waals surface area contributed by atoms with Crippen molar-refractivity contribution in [3.8, 4) is 0 Å². The Morgan fingerprint density at radius 1 is 1.15 bits per heavy atom. The quantitative estimate of drug-likeness (QED) is 0.213. The molecule has 0 aliphatic heterocycles. The Balaban J connectivity index is 1.82. The second-order valence-corrected chi connectivity index (χ2v) is 18.7. The fourth-order valence-electron chi connectivity index (χ4n) is 4.56. The van der Waals surface area contributed by atoms with Crippen LogP contribution >= 0.6 is 0 Å². The van der Waals surface area contributed by atoms with Gasteiger partial charge in [0.05, 0.1) is 0 Å². The number of benzene rings is 1. The van der Waals surface area contributed by atoms with Crippen LogP contribution in [0.25, 0.3) is 0 Å². The molecule has 0 amide bonds. The molecule has 2 rings (SSSR count). The zero-order valence-corrected chi connectivity index (χ0v) is 24.5. The van der Waals surface area contributed by atoms with Gasteiger partial charge >= 0.3 is 189 Å². The number of carbonyl (C=O) groups excluding carboxylic acids is 1. The predicted molar refractivity (Wildman–Crippen MR) is 141 cm³/mol. The zero-order chi connectivity index (χ0) is 24.6. The SMILES string of the molecule is COC(=O)C(CCCCC[C@@H]1[C@@H](CO[Si](C)(C)C(C)(C)C)[C@H](C)C[C@@H]1O)[Se]c1ccccc1. The van der Waals surface area contributed by atoms with Crippen LogP contribution in [0.1, 0.15) is 66.2 Å². The number of carbonyl (C=O) groups is 1. The molecule has 4 nitrogen and oxygen atoms in total. The van der Waals surface area contributed by atoms with E-state index in [2.05, 4.69) is 52.9 Å². The molecule has 1 unspecified atom stereocenters. The fraction of sp³-hybridized carbons (Fsp3) is 0.741. The van der Waals surface area contributed by atoms with E-state index >= 15 is 0 Å². The number of esters is 1. The van der Waals surface area contributed by atoms with E-state index in [0.29, 0.717) is 17.8 Å². The van der Waals surface area contributed by atoms with E-state index in [9.17, 15) is 9.90 Å². The molecule has 1 aromatic carbocycles. The van der Waals surface area contributed by atoms with Gasteiger partial charge in [-0.1, -0.05) is 20.8 Å². The molecule has 1 fully saturated rings. The van der Waals surface area contributed by atoms with Crippen molar-refractivity contribution in [2.75, 3.05) is 13.7 Å². The third kappa shape index (κ3) is 8.50. The molecule has 0 spiro atoms. The molecule has 6 heteroatoms. The first-order valence-corrected chi connectivity index (χ1v) is 17.3. The van der Waals surface area contributed by atoms with Crippen LogP contribution in [-0.2, 0) is 14.0 Å². The molecule has 0 heterocycles. The van der Waals surface area contributed by atoms with Crippen molar-refractivity contribution in [1.29, 1.82) is 0 Å². The molecule has 1 N–H and O–H groups in total. The average molecular weight is 542 g/mol. The van der Waals surface area contributed by atoms with Crippen LogP contribution in [0.2, 0.25) is 22.9 Å². The van der Waals surface area contributed by atoms with Gasteiger partial charge in [-0.05, 0) is 0 Å². The van der Waals surface area contributed by atoms with E-state index in [1.165, 1.54) is 11.6 Å². The van der Waals surface area contributed by atoms with E-state index < -0.39 is 8.32 Å². The first-order valence-electron chi connectivity index (χ1n) is 12.6. The Hall–Kier alpha value is -0.654. The molecular weight excluding hydrogens is 495 g/mol. The van der Waals surface area contributed by atoms with Crippen molar-refractivity contribution in [3.63, 3.8) is 0 Å². The molecule has 0 radical (unpaired) electrons. The Morgan fingerprint density at radius 3 is 2.42 bits per heavy atom. The second-order valence-electron chi connectivity index (χ2n) is 11.3. The van der Waals surface area contributed by atoms with Gasteiger partial charge in [-0.2, -0.15) is 0 Å². The molecule has 1 aromatic rings. The molecule has 1 saturated carbocycles. The van der Waals surface area contributed by atoms with Gasteiger partial charge in [-0.25, -0.2) is 0 Å². The summed E-state index contributed by atoms with van der Waals surface area (Å²) in [5.74, 6) is 1.20. The van der Waals surface area contributed by atoms with Crippen molar-refractivity contribution < 1.29 is 19.1 Å². The Bertz CT molecular complexity index is 719. The van der Waals surface area contributed by atoms with Gasteiger partial charge in [0, 0.05) is 0 Å². The van der Waals surface area contributed by atoms with E-state index in [0.717, 1.165) is 45.1 Å². The number of ether oxygens (including phenoxy) is 1. The number of aliphatic hydroxyl groups is 1.